The molecule has 4 bridgehead atoms. The van der Waals surface area contributed by atoms with Crippen LogP contribution in [0, 0.1) is 23.2 Å². The Balaban J connectivity index is 1.22. The van der Waals surface area contributed by atoms with Crippen molar-refractivity contribution in [1.82, 2.24) is 0 Å². The smallest absolute Gasteiger partial charge is 0.333 e. The monoisotopic (exact) mass is 498 g/mol. The highest BCUT2D eigenvalue weighted by molar-refractivity contribution is 5.87. The predicted octanol–water partition coefficient (Wildman–Crippen LogP) is 6.32. The molecule has 1 aromatic carbocycles. The van der Waals surface area contributed by atoms with Crippen LogP contribution in [0.3, 0.4) is 0 Å². The van der Waals surface area contributed by atoms with Crippen molar-refractivity contribution in [2.75, 3.05) is 13.2 Å². The second-order valence-corrected chi connectivity index (χ2v) is 11.6. The molecular formula is C30H42O6. The third kappa shape index (κ3) is 5.96. The van der Waals surface area contributed by atoms with Crippen molar-refractivity contribution in [3.8, 4) is 5.75 Å². The highest BCUT2D eigenvalue weighted by Crippen LogP contribution is 2.60. The lowest BCUT2D eigenvalue weighted by Gasteiger charge is -2.55. The van der Waals surface area contributed by atoms with Crippen molar-refractivity contribution in [2.24, 2.45) is 23.2 Å². The van der Waals surface area contributed by atoms with Crippen LogP contribution in [-0.4, -0.2) is 31.4 Å². The molecule has 2 unspecified atom stereocenters. The number of benzene rings is 1. The van der Waals surface area contributed by atoms with Gasteiger partial charge >= 0.3 is 11.9 Å². The van der Waals surface area contributed by atoms with E-state index in [0.29, 0.717) is 24.4 Å². The molecule has 4 aliphatic carbocycles. The van der Waals surface area contributed by atoms with Gasteiger partial charge in [-0.15, -0.1) is 0 Å². The second-order valence-electron chi connectivity index (χ2n) is 11.6. The van der Waals surface area contributed by atoms with Gasteiger partial charge in [-0.2, -0.15) is 0 Å². The van der Waals surface area contributed by atoms with E-state index in [4.69, 9.17) is 18.9 Å². The fourth-order valence-electron chi connectivity index (χ4n) is 7.00. The van der Waals surface area contributed by atoms with Crippen LogP contribution in [0.2, 0.25) is 0 Å². The van der Waals surface area contributed by atoms with E-state index in [1.54, 1.807) is 6.92 Å². The van der Waals surface area contributed by atoms with Crippen LogP contribution in [0.15, 0.2) is 36.4 Å². The molecule has 0 saturated heterocycles. The molecule has 1 aromatic rings. The fourth-order valence-corrected chi connectivity index (χ4v) is 7.00. The molecule has 2 atom stereocenters. The normalized spacial score (nSPS) is 28.7. The van der Waals surface area contributed by atoms with Crippen LogP contribution in [0.25, 0.3) is 0 Å². The minimum Gasteiger partial charge on any atom is -0.465 e. The van der Waals surface area contributed by atoms with Gasteiger partial charge in [0.25, 0.3) is 0 Å². The van der Waals surface area contributed by atoms with Gasteiger partial charge in [0.2, 0.25) is 0 Å². The lowest BCUT2D eigenvalue weighted by atomic mass is 9.49. The second kappa shape index (κ2) is 11.0. The van der Waals surface area contributed by atoms with E-state index in [0.717, 1.165) is 49.0 Å². The van der Waals surface area contributed by atoms with Crippen LogP contribution in [-0.2, 0) is 29.4 Å². The summed E-state index contributed by atoms with van der Waals surface area (Å²) < 4.78 is 23.1. The number of esters is 2. The molecule has 4 saturated carbocycles. The first-order chi connectivity index (χ1) is 17.1. The summed E-state index contributed by atoms with van der Waals surface area (Å²) in [4.78, 5) is 25.1. The Morgan fingerprint density at radius 2 is 1.64 bits per heavy atom. The first kappa shape index (κ1) is 26.7. The number of hydrogen-bond donors (Lipinski definition) is 0. The minimum absolute atomic E-state index is 0.0168. The van der Waals surface area contributed by atoms with Crippen LogP contribution < -0.4 is 4.74 Å². The summed E-state index contributed by atoms with van der Waals surface area (Å²) in [5.74, 6) is 2.41. The molecule has 0 heterocycles. The summed E-state index contributed by atoms with van der Waals surface area (Å²) in [6.45, 7) is 11.7. The Bertz CT molecular complexity index is 915. The van der Waals surface area contributed by atoms with Crippen LogP contribution in [0.5, 0.6) is 5.75 Å². The fraction of sp³-hybridized carbons (Fsp3) is 0.667. The molecule has 0 spiro atoms. The zero-order valence-corrected chi connectivity index (χ0v) is 22.3. The van der Waals surface area contributed by atoms with E-state index >= 15 is 0 Å². The van der Waals surface area contributed by atoms with E-state index in [1.807, 2.05) is 38.1 Å². The van der Waals surface area contributed by atoms with Gasteiger partial charge in [0.05, 0.1) is 12.0 Å². The third-order valence-corrected chi connectivity index (χ3v) is 8.30. The molecule has 4 fully saturated rings. The van der Waals surface area contributed by atoms with Crippen molar-refractivity contribution in [3.05, 3.63) is 42.0 Å². The average Bonchev–Trinajstić information content (AvgIpc) is 2.81. The topological polar surface area (TPSA) is 71.1 Å². The number of carbonyl (C=O) groups excluding carboxylic acids is 2. The summed E-state index contributed by atoms with van der Waals surface area (Å²) in [6, 6.07) is 7.53. The summed E-state index contributed by atoms with van der Waals surface area (Å²) in [5.41, 5.74) is 0.318. The average molecular weight is 499 g/mol. The predicted molar refractivity (Wildman–Crippen MR) is 137 cm³/mol. The van der Waals surface area contributed by atoms with Gasteiger partial charge in [-0.05, 0) is 101 Å². The molecule has 198 valence electrons. The quantitative estimate of drug-likeness (QED) is 0.145. The first-order valence-corrected chi connectivity index (χ1v) is 13.6. The molecule has 6 nitrogen and oxygen atoms in total. The number of ether oxygens (including phenoxy) is 4. The Kier molecular flexibility index (Phi) is 8.13. The highest BCUT2D eigenvalue weighted by atomic mass is 16.7. The van der Waals surface area contributed by atoms with Crippen molar-refractivity contribution in [2.45, 2.75) is 91.0 Å². The summed E-state index contributed by atoms with van der Waals surface area (Å²) in [5, 5.41) is 0. The standard InChI is InChI=1S/C30H42O6/c1-6-11-29(5,36-27(31)20(2)3)25-7-9-26(10-8-25)35-21(4)33-12-13-34-28(32)30-17-22-14-23(18-30)16-24(15-22)19-30/h7-10,21-24H,2,6,11-19H2,1,3-5H3. The zero-order chi connectivity index (χ0) is 25.9. The van der Waals surface area contributed by atoms with E-state index in [2.05, 4.69) is 13.5 Å². The van der Waals surface area contributed by atoms with Gasteiger partial charge in [-0.1, -0.05) is 32.1 Å². The third-order valence-electron chi connectivity index (χ3n) is 8.30. The van der Waals surface area contributed by atoms with Gasteiger partial charge in [0, 0.05) is 5.57 Å². The summed E-state index contributed by atoms with van der Waals surface area (Å²) >= 11 is 0. The van der Waals surface area contributed by atoms with Crippen molar-refractivity contribution in [3.63, 3.8) is 0 Å². The molecule has 0 N–H and O–H groups in total. The van der Waals surface area contributed by atoms with Crippen molar-refractivity contribution in [1.29, 1.82) is 0 Å². The van der Waals surface area contributed by atoms with Gasteiger partial charge in [-0.25, -0.2) is 4.79 Å². The SMILES string of the molecule is C=C(C)C(=O)OC(C)(CCC)c1ccc(OC(C)OCCOC(=O)C23CC4CC(CC(C4)C2)C3)cc1. The Morgan fingerprint density at radius 1 is 1.06 bits per heavy atom. The molecule has 6 heteroatoms. The molecule has 36 heavy (non-hydrogen) atoms. The van der Waals surface area contributed by atoms with Gasteiger partial charge in [0.15, 0.2) is 6.29 Å². The summed E-state index contributed by atoms with van der Waals surface area (Å²) in [6.07, 6.45) is 8.05. The Morgan fingerprint density at radius 3 is 2.17 bits per heavy atom. The van der Waals surface area contributed by atoms with Crippen LogP contribution in [0.1, 0.15) is 84.6 Å². The van der Waals surface area contributed by atoms with Crippen LogP contribution >= 0.6 is 0 Å². The highest BCUT2D eigenvalue weighted by Gasteiger charge is 2.55. The Labute approximate surface area is 215 Å². The maximum Gasteiger partial charge on any atom is 0.333 e. The first-order valence-electron chi connectivity index (χ1n) is 13.6. The van der Waals surface area contributed by atoms with E-state index < -0.39 is 17.9 Å². The van der Waals surface area contributed by atoms with Crippen LogP contribution in [0.4, 0.5) is 0 Å². The lowest BCUT2D eigenvalue weighted by Crippen LogP contribution is -2.50. The maximum absolute atomic E-state index is 13.0. The summed E-state index contributed by atoms with van der Waals surface area (Å²) in [7, 11) is 0. The van der Waals surface area contributed by atoms with Gasteiger partial charge < -0.3 is 18.9 Å². The number of carbonyl (C=O) groups is 2. The zero-order valence-electron chi connectivity index (χ0n) is 22.3. The lowest BCUT2D eigenvalue weighted by molar-refractivity contribution is -0.175. The molecule has 0 aliphatic heterocycles. The minimum atomic E-state index is -0.730. The van der Waals surface area contributed by atoms with E-state index in [-0.39, 0.29) is 18.0 Å². The van der Waals surface area contributed by atoms with Gasteiger partial charge in [0.1, 0.15) is 18.0 Å². The van der Waals surface area contributed by atoms with Crippen molar-refractivity contribution >= 4 is 11.9 Å². The molecule has 4 aliphatic rings. The van der Waals surface area contributed by atoms with E-state index in [1.165, 1.54) is 19.3 Å². The van der Waals surface area contributed by atoms with Gasteiger partial charge in [-0.3, -0.25) is 4.79 Å². The molecule has 5 rings (SSSR count). The molecule has 0 amide bonds. The Hall–Kier alpha value is -2.34. The van der Waals surface area contributed by atoms with E-state index in [9.17, 15) is 9.59 Å². The maximum atomic E-state index is 13.0. The number of rotatable bonds is 12. The molecule has 0 aromatic heterocycles. The largest absolute Gasteiger partial charge is 0.465 e. The molecule has 0 radical (unpaired) electrons. The van der Waals surface area contributed by atoms with Crippen molar-refractivity contribution < 1.29 is 28.5 Å². The number of hydrogen-bond acceptors (Lipinski definition) is 6. The molecular weight excluding hydrogens is 456 g/mol.